The van der Waals surface area contributed by atoms with Crippen molar-refractivity contribution < 1.29 is 0 Å². The Labute approximate surface area is 88.3 Å². The van der Waals surface area contributed by atoms with Gasteiger partial charge in [-0.2, -0.15) is 0 Å². The van der Waals surface area contributed by atoms with Crippen LogP contribution in [0.4, 0.5) is 0 Å². The SMILES string of the molecule is C=C(CCC)NCCC[C@H](C)C(=C)N. The summed E-state index contributed by atoms with van der Waals surface area (Å²) in [6, 6.07) is 0. The van der Waals surface area contributed by atoms with E-state index in [-0.39, 0.29) is 0 Å². The van der Waals surface area contributed by atoms with Gasteiger partial charge in [-0.05, 0) is 25.2 Å². The zero-order valence-corrected chi connectivity index (χ0v) is 9.60. The summed E-state index contributed by atoms with van der Waals surface area (Å²) in [6.07, 6.45) is 4.45. The van der Waals surface area contributed by atoms with E-state index in [0.717, 1.165) is 43.6 Å². The maximum absolute atomic E-state index is 5.59. The third-order valence-corrected chi connectivity index (χ3v) is 2.37. The van der Waals surface area contributed by atoms with Crippen molar-refractivity contribution in [3.63, 3.8) is 0 Å². The number of hydrogen-bond donors (Lipinski definition) is 2. The molecule has 0 amide bonds. The highest BCUT2D eigenvalue weighted by atomic mass is 14.9. The Bertz CT molecular complexity index is 185. The molecule has 0 fully saturated rings. The maximum atomic E-state index is 5.59. The number of nitrogens with two attached hydrogens (primary N) is 1. The van der Waals surface area contributed by atoms with Gasteiger partial charge in [-0.25, -0.2) is 0 Å². The second-order valence-electron chi connectivity index (χ2n) is 3.90. The lowest BCUT2D eigenvalue weighted by molar-refractivity contribution is 0.557. The largest absolute Gasteiger partial charge is 0.402 e. The fourth-order valence-electron chi connectivity index (χ4n) is 1.25. The van der Waals surface area contributed by atoms with Gasteiger partial charge in [-0.3, -0.25) is 0 Å². The van der Waals surface area contributed by atoms with Crippen molar-refractivity contribution in [3.8, 4) is 0 Å². The van der Waals surface area contributed by atoms with Crippen LogP contribution in [0.3, 0.4) is 0 Å². The van der Waals surface area contributed by atoms with Crippen molar-refractivity contribution in [1.29, 1.82) is 0 Å². The quantitative estimate of drug-likeness (QED) is 0.586. The lowest BCUT2D eigenvalue weighted by Gasteiger charge is -2.12. The van der Waals surface area contributed by atoms with Gasteiger partial charge >= 0.3 is 0 Å². The van der Waals surface area contributed by atoms with Crippen molar-refractivity contribution in [1.82, 2.24) is 5.32 Å². The zero-order chi connectivity index (χ0) is 11.0. The van der Waals surface area contributed by atoms with Crippen LogP contribution in [0, 0.1) is 5.92 Å². The Kier molecular flexibility index (Phi) is 6.99. The molecule has 0 aliphatic rings. The van der Waals surface area contributed by atoms with Crippen LogP contribution in [0.15, 0.2) is 24.6 Å². The molecule has 0 saturated heterocycles. The number of hydrogen-bond acceptors (Lipinski definition) is 2. The van der Waals surface area contributed by atoms with Crippen LogP contribution in [0.2, 0.25) is 0 Å². The van der Waals surface area contributed by atoms with Crippen molar-refractivity contribution in [2.24, 2.45) is 11.7 Å². The van der Waals surface area contributed by atoms with Crippen LogP contribution in [-0.2, 0) is 0 Å². The average Bonchev–Trinajstić information content (AvgIpc) is 2.12. The fraction of sp³-hybridized carbons (Fsp3) is 0.667. The van der Waals surface area contributed by atoms with Crippen LogP contribution in [-0.4, -0.2) is 6.54 Å². The lowest BCUT2D eigenvalue weighted by Crippen LogP contribution is -2.15. The molecule has 0 spiro atoms. The Morgan fingerprint density at radius 2 is 2.07 bits per heavy atom. The van der Waals surface area contributed by atoms with Crippen LogP contribution in [0.25, 0.3) is 0 Å². The van der Waals surface area contributed by atoms with Crippen molar-refractivity contribution in [2.75, 3.05) is 6.54 Å². The van der Waals surface area contributed by atoms with Gasteiger partial charge < -0.3 is 11.1 Å². The molecule has 0 unspecified atom stereocenters. The normalized spacial score (nSPS) is 12.1. The summed E-state index contributed by atoms with van der Waals surface area (Å²) in [7, 11) is 0. The number of nitrogens with one attached hydrogen (secondary N) is 1. The molecule has 0 rings (SSSR count). The highest BCUT2D eigenvalue weighted by molar-refractivity contribution is 4.93. The first-order valence-corrected chi connectivity index (χ1v) is 5.43. The summed E-state index contributed by atoms with van der Waals surface area (Å²) in [4.78, 5) is 0. The monoisotopic (exact) mass is 196 g/mol. The molecule has 0 aromatic rings. The predicted molar refractivity (Wildman–Crippen MR) is 63.8 cm³/mol. The van der Waals surface area contributed by atoms with Crippen LogP contribution < -0.4 is 11.1 Å². The molecular formula is C12H24N2. The van der Waals surface area contributed by atoms with Gasteiger partial charge in [0.05, 0.1) is 0 Å². The molecule has 3 N–H and O–H groups in total. The second-order valence-corrected chi connectivity index (χ2v) is 3.90. The molecule has 1 atom stereocenters. The molecule has 2 heteroatoms. The highest BCUT2D eigenvalue weighted by Gasteiger charge is 2.02. The van der Waals surface area contributed by atoms with Gasteiger partial charge in [0.15, 0.2) is 0 Å². The van der Waals surface area contributed by atoms with E-state index in [2.05, 4.69) is 32.3 Å². The third-order valence-electron chi connectivity index (χ3n) is 2.37. The van der Waals surface area contributed by atoms with Gasteiger partial charge in [-0.15, -0.1) is 0 Å². The molecule has 0 saturated carbocycles. The molecule has 2 nitrogen and oxygen atoms in total. The third kappa shape index (κ3) is 6.58. The molecule has 0 heterocycles. The zero-order valence-electron chi connectivity index (χ0n) is 9.60. The second kappa shape index (κ2) is 7.48. The van der Waals surface area contributed by atoms with Crippen molar-refractivity contribution >= 4 is 0 Å². The van der Waals surface area contributed by atoms with Crippen molar-refractivity contribution in [2.45, 2.75) is 39.5 Å². The van der Waals surface area contributed by atoms with Gasteiger partial charge in [0.25, 0.3) is 0 Å². The minimum absolute atomic E-state index is 0.427. The summed E-state index contributed by atoms with van der Waals surface area (Å²) in [6.45, 7) is 13.0. The molecular weight excluding hydrogens is 172 g/mol. The Balaban J connectivity index is 3.37. The summed E-state index contributed by atoms with van der Waals surface area (Å²) in [5, 5.41) is 3.31. The molecule has 0 aromatic heterocycles. The Morgan fingerprint density at radius 1 is 1.43 bits per heavy atom. The Hall–Kier alpha value is -0.920. The standard InChI is InChI=1S/C12H24N2/c1-5-7-11(3)14-9-6-8-10(2)12(4)13/h10,14H,3-9,13H2,1-2H3/t10-/m0/s1. The van der Waals surface area contributed by atoms with E-state index < -0.39 is 0 Å². The van der Waals surface area contributed by atoms with E-state index in [0.29, 0.717) is 5.92 Å². The Morgan fingerprint density at radius 3 is 2.57 bits per heavy atom. The number of rotatable bonds is 8. The smallest absolute Gasteiger partial charge is 0.0143 e. The van der Waals surface area contributed by atoms with Crippen LogP contribution in [0.5, 0.6) is 0 Å². The topological polar surface area (TPSA) is 38.0 Å². The highest BCUT2D eigenvalue weighted by Crippen LogP contribution is 2.09. The summed E-state index contributed by atoms with van der Waals surface area (Å²) >= 11 is 0. The van der Waals surface area contributed by atoms with E-state index in [1.54, 1.807) is 0 Å². The summed E-state index contributed by atoms with van der Waals surface area (Å²) < 4.78 is 0. The van der Waals surface area contributed by atoms with E-state index in [4.69, 9.17) is 5.73 Å². The number of allylic oxidation sites excluding steroid dienone is 2. The molecule has 0 aromatic carbocycles. The predicted octanol–water partition coefficient (Wildman–Crippen LogP) is 2.78. The van der Waals surface area contributed by atoms with Gasteiger partial charge in [0.2, 0.25) is 0 Å². The first-order valence-electron chi connectivity index (χ1n) is 5.43. The van der Waals surface area contributed by atoms with Gasteiger partial charge in [0.1, 0.15) is 0 Å². The molecule has 0 aliphatic heterocycles. The lowest BCUT2D eigenvalue weighted by atomic mass is 10.0. The first kappa shape index (κ1) is 13.1. The molecule has 0 radical (unpaired) electrons. The van der Waals surface area contributed by atoms with Crippen molar-refractivity contribution in [3.05, 3.63) is 24.6 Å². The van der Waals surface area contributed by atoms with E-state index in [1.807, 2.05) is 0 Å². The molecule has 14 heavy (non-hydrogen) atoms. The van der Waals surface area contributed by atoms with Crippen LogP contribution >= 0.6 is 0 Å². The minimum Gasteiger partial charge on any atom is -0.402 e. The summed E-state index contributed by atoms with van der Waals surface area (Å²) in [5.41, 5.74) is 7.53. The van der Waals surface area contributed by atoms with E-state index in [1.165, 1.54) is 0 Å². The minimum atomic E-state index is 0.427. The van der Waals surface area contributed by atoms with E-state index >= 15 is 0 Å². The van der Waals surface area contributed by atoms with Crippen LogP contribution in [0.1, 0.15) is 39.5 Å². The fourth-order valence-corrected chi connectivity index (χ4v) is 1.25. The molecule has 0 aliphatic carbocycles. The first-order chi connectivity index (χ1) is 6.57. The summed E-state index contributed by atoms with van der Waals surface area (Å²) in [5.74, 6) is 0.427. The van der Waals surface area contributed by atoms with Gasteiger partial charge in [-0.1, -0.05) is 33.4 Å². The van der Waals surface area contributed by atoms with Gasteiger partial charge in [0, 0.05) is 17.9 Å². The maximum Gasteiger partial charge on any atom is 0.0143 e. The van der Waals surface area contributed by atoms with E-state index in [9.17, 15) is 0 Å². The molecule has 82 valence electrons. The average molecular weight is 196 g/mol. The molecule has 0 bridgehead atoms.